The topological polar surface area (TPSA) is 47.6 Å². The van der Waals surface area contributed by atoms with Crippen LogP contribution in [0, 0.1) is 5.41 Å². The van der Waals surface area contributed by atoms with Gasteiger partial charge in [-0.25, -0.2) is 0 Å². The van der Waals surface area contributed by atoms with Crippen molar-refractivity contribution in [3.63, 3.8) is 0 Å². The zero-order valence-corrected chi connectivity index (χ0v) is 7.84. The lowest BCUT2D eigenvalue weighted by atomic mass is 9.91. The van der Waals surface area contributed by atoms with Crippen molar-refractivity contribution in [3.05, 3.63) is 0 Å². The van der Waals surface area contributed by atoms with Gasteiger partial charge in [0.15, 0.2) is 0 Å². The van der Waals surface area contributed by atoms with Gasteiger partial charge in [-0.2, -0.15) is 0 Å². The van der Waals surface area contributed by atoms with Gasteiger partial charge >= 0.3 is 0 Å². The minimum atomic E-state index is -0.485. The van der Waals surface area contributed by atoms with E-state index in [0.29, 0.717) is 26.0 Å². The fraction of sp³-hybridized carbons (Fsp3) is 0.889. The summed E-state index contributed by atoms with van der Waals surface area (Å²) in [6, 6.07) is 0.409. The Bertz CT molecular complexity index is 207. The van der Waals surface area contributed by atoms with Gasteiger partial charge in [0.25, 0.3) is 0 Å². The Balaban J connectivity index is 1.90. The van der Waals surface area contributed by atoms with Gasteiger partial charge < -0.3 is 14.8 Å². The monoisotopic (exact) mass is 185 g/mol. The summed E-state index contributed by atoms with van der Waals surface area (Å²) in [4.78, 5) is 11.7. The SMILES string of the molecule is CC1(C(=O)NC2CC2)COCOC1. The third-order valence-corrected chi connectivity index (χ3v) is 2.47. The largest absolute Gasteiger partial charge is 0.354 e. The van der Waals surface area contributed by atoms with Crippen LogP contribution >= 0.6 is 0 Å². The molecule has 1 saturated heterocycles. The zero-order valence-electron chi connectivity index (χ0n) is 7.84. The molecule has 1 saturated carbocycles. The zero-order chi connectivity index (χ0) is 9.31. The van der Waals surface area contributed by atoms with Gasteiger partial charge in [0.2, 0.25) is 5.91 Å². The van der Waals surface area contributed by atoms with Crippen LogP contribution in [-0.2, 0) is 14.3 Å². The first-order valence-corrected chi connectivity index (χ1v) is 4.67. The summed E-state index contributed by atoms with van der Waals surface area (Å²) in [6.07, 6.45) is 2.23. The fourth-order valence-electron chi connectivity index (χ4n) is 1.35. The van der Waals surface area contributed by atoms with Crippen LogP contribution in [0.5, 0.6) is 0 Å². The van der Waals surface area contributed by atoms with Crippen molar-refractivity contribution in [2.45, 2.75) is 25.8 Å². The van der Waals surface area contributed by atoms with Crippen molar-refractivity contribution >= 4 is 5.91 Å². The first-order valence-electron chi connectivity index (χ1n) is 4.67. The summed E-state index contributed by atoms with van der Waals surface area (Å²) >= 11 is 0. The van der Waals surface area contributed by atoms with E-state index >= 15 is 0 Å². The van der Waals surface area contributed by atoms with E-state index in [2.05, 4.69) is 5.32 Å². The highest BCUT2D eigenvalue weighted by atomic mass is 16.7. The van der Waals surface area contributed by atoms with E-state index in [9.17, 15) is 4.79 Å². The third-order valence-electron chi connectivity index (χ3n) is 2.47. The van der Waals surface area contributed by atoms with Crippen molar-refractivity contribution in [1.29, 1.82) is 0 Å². The molecule has 0 spiro atoms. The molecule has 0 aromatic heterocycles. The number of ether oxygens (including phenoxy) is 2. The molecule has 74 valence electrons. The van der Waals surface area contributed by atoms with Gasteiger partial charge in [0, 0.05) is 6.04 Å². The molecule has 1 amide bonds. The van der Waals surface area contributed by atoms with Crippen molar-refractivity contribution in [3.8, 4) is 0 Å². The molecule has 13 heavy (non-hydrogen) atoms. The molecule has 0 aromatic carbocycles. The second kappa shape index (κ2) is 3.27. The van der Waals surface area contributed by atoms with Crippen LogP contribution in [0.2, 0.25) is 0 Å². The molecule has 0 aromatic rings. The van der Waals surface area contributed by atoms with Crippen LogP contribution in [0.4, 0.5) is 0 Å². The van der Waals surface area contributed by atoms with Gasteiger partial charge in [-0.3, -0.25) is 4.79 Å². The molecule has 1 heterocycles. The van der Waals surface area contributed by atoms with Crippen LogP contribution in [-0.4, -0.2) is 32.0 Å². The molecule has 1 aliphatic heterocycles. The molecule has 2 fully saturated rings. The quantitative estimate of drug-likeness (QED) is 0.672. The highest BCUT2D eigenvalue weighted by molar-refractivity contribution is 5.83. The molecule has 4 heteroatoms. The van der Waals surface area contributed by atoms with E-state index in [1.54, 1.807) is 0 Å². The van der Waals surface area contributed by atoms with Gasteiger partial charge in [0.05, 0.1) is 18.6 Å². The second-order valence-electron chi connectivity index (χ2n) is 4.12. The molecule has 0 unspecified atom stereocenters. The lowest BCUT2D eigenvalue weighted by Gasteiger charge is -2.31. The Morgan fingerprint density at radius 2 is 2.00 bits per heavy atom. The summed E-state index contributed by atoms with van der Waals surface area (Å²) in [5.41, 5.74) is -0.485. The van der Waals surface area contributed by atoms with Gasteiger partial charge in [-0.15, -0.1) is 0 Å². The summed E-state index contributed by atoms with van der Waals surface area (Å²) < 4.78 is 10.3. The Morgan fingerprint density at radius 3 is 2.54 bits per heavy atom. The maximum absolute atomic E-state index is 11.7. The van der Waals surface area contributed by atoms with E-state index in [1.807, 2.05) is 6.92 Å². The van der Waals surface area contributed by atoms with E-state index in [0.717, 1.165) is 12.8 Å². The minimum Gasteiger partial charge on any atom is -0.354 e. The average Bonchev–Trinajstić information content (AvgIpc) is 2.89. The number of hydrogen-bond acceptors (Lipinski definition) is 3. The van der Waals surface area contributed by atoms with Gasteiger partial charge in [-0.1, -0.05) is 0 Å². The lowest BCUT2D eigenvalue weighted by molar-refractivity contribution is -0.173. The smallest absolute Gasteiger partial charge is 0.230 e. The number of rotatable bonds is 2. The van der Waals surface area contributed by atoms with Crippen LogP contribution in [0.3, 0.4) is 0 Å². The van der Waals surface area contributed by atoms with E-state index in [1.165, 1.54) is 0 Å². The number of carbonyl (C=O) groups excluding carboxylic acids is 1. The van der Waals surface area contributed by atoms with Crippen molar-refractivity contribution < 1.29 is 14.3 Å². The van der Waals surface area contributed by atoms with Crippen molar-refractivity contribution in [2.75, 3.05) is 20.0 Å². The Morgan fingerprint density at radius 1 is 1.38 bits per heavy atom. The van der Waals surface area contributed by atoms with Gasteiger partial charge in [-0.05, 0) is 19.8 Å². The predicted octanol–water partition coefficient (Wildman–Crippen LogP) is 0.276. The number of amides is 1. The fourth-order valence-corrected chi connectivity index (χ4v) is 1.35. The van der Waals surface area contributed by atoms with E-state index < -0.39 is 5.41 Å². The van der Waals surface area contributed by atoms with Crippen LogP contribution < -0.4 is 5.32 Å². The Kier molecular flexibility index (Phi) is 2.26. The predicted molar refractivity (Wildman–Crippen MR) is 46.0 cm³/mol. The molecular weight excluding hydrogens is 170 g/mol. The molecule has 1 N–H and O–H groups in total. The Labute approximate surface area is 77.6 Å². The van der Waals surface area contributed by atoms with E-state index in [4.69, 9.17) is 9.47 Å². The summed E-state index contributed by atoms with van der Waals surface area (Å²) in [5.74, 6) is 0.0645. The molecule has 2 aliphatic rings. The number of nitrogens with one attached hydrogen (secondary N) is 1. The molecule has 0 atom stereocenters. The van der Waals surface area contributed by atoms with Crippen LogP contribution in [0.25, 0.3) is 0 Å². The highest BCUT2D eigenvalue weighted by Gasteiger charge is 2.38. The van der Waals surface area contributed by atoms with Crippen LogP contribution in [0.15, 0.2) is 0 Å². The third kappa shape index (κ3) is 2.00. The standard InChI is InChI=1S/C9H15NO3/c1-9(4-12-6-13-5-9)8(11)10-7-2-3-7/h7H,2-6H2,1H3,(H,10,11). The maximum atomic E-state index is 11.7. The normalized spacial score (nSPS) is 26.8. The number of hydrogen-bond donors (Lipinski definition) is 1. The first-order chi connectivity index (χ1) is 6.21. The Hall–Kier alpha value is -0.610. The average molecular weight is 185 g/mol. The molecule has 4 nitrogen and oxygen atoms in total. The highest BCUT2D eigenvalue weighted by Crippen LogP contribution is 2.25. The molecule has 0 bridgehead atoms. The number of carbonyl (C=O) groups is 1. The van der Waals surface area contributed by atoms with E-state index in [-0.39, 0.29) is 5.91 Å². The lowest BCUT2D eigenvalue weighted by Crippen LogP contribution is -2.48. The minimum absolute atomic E-state index is 0.0645. The summed E-state index contributed by atoms with van der Waals surface area (Å²) in [5, 5.41) is 2.97. The second-order valence-corrected chi connectivity index (χ2v) is 4.12. The molecule has 2 rings (SSSR count). The molecule has 0 radical (unpaired) electrons. The first kappa shape index (κ1) is 8.97. The maximum Gasteiger partial charge on any atom is 0.230 e. The van der Waals surface area contributed by atoms with Gasteiger partial charge in [0.1, 0.15) is 6.79 Å². The van der Waals surface area contributed by atoms with Crippen molar-refractivity contribution in [2.24, 2.45) is 5.41 Å². The van der Waals surface area contributed by atoms with Crippen molar-refractivity contribution in [1.82, 2.24) is 5.32 Å². The molecule has 1 aliphatic carbocycles. The summed E-state index contributed by atoms with van der Waals surface area (Å²) in [6.45, 7) is 3.12. The summed E-state index contributed by atoms with van der Waals surface area (Å²) in [7, 11) is 0. The van der Waals surface area contributed by atoms with Crippen LogP contribution in [0.1, 0.15) is 19.8 Å². The molecular formula is C9H15NO3.